The molecule has 1 amide bonds. The van der Waals surface area contributed by atoms with E-state index in [1.54, 1.807) is 0 Å². The van der Waals surface area contributed by atoms with Gasteiger partial charge in [-0.2, -0.15) is 0 Å². The van der Waals surface area contributed by atoms with Gasteiger partial charge in [-0.15, -0.1) is 0 Å². The van der Waals surface area contributed by atoms with E-state index >= 15 is 0 Å². The number of nitrogens with zero attached hydrogens (tertiary/aromatic N) is 2. The highest BCUT2D eigenvalue weighted by atomic mass is 16.5. The predicted octanol–water partition coefficient (Wildman–Crippen LogP) is 5.93. The van der Waals surface area contributed by atoms with Crippen LogP contribution in [0, 0.1) is 23.7 Å². The Morgan fingerprint density at radius 3 is 2.57 bits per heavy atom. The van der Waals surface area contributed by atoms with Crippen LogP contribution >= 0.6 is 0 Å². The van der Waals surface area contributed by atoms with Gasteiger partial charge >= 0.3 is 0 Å². The molecular formula is C36H53N3O3. The Kier molecular flexibility index (Phi) is 7.70. The molecule has 4 saturated heterocycles. The number of hydrogen-bond acceptors (Lipinski definition) is 5. The van der Waals surface area contributed by atoms with Gasteiger partial charge in [-0.1, -0.05) is 25.3 Å². The molecular weight excluding hydrogens is 522 g/mol. The summed E-state index contributed by atoms with van der Waals surface area (Å²) in [7, 11) is 0. The van der Waals surface area contributed by atoms with E-state index in [4.69, 9.17) is 4.74 Å². The Balaban J connectivity index is 1.31. The molecule has 0 bridgehead atoms. The highest BCUT2D eigenvalue weighted by molar-refractivity contribution is 5.89. The first-order chi connectivity index (χ1) is 20.4. The minimum Gasteiger partial charge on any atom is -0.380 e. The minimum absolute atomic E-state index is 0.146. The molecule has 0 aromatic heterocycles. The molecule has 0 radical (unpaired) electrons. The van der Waals surface area contributed by atoms with Gasteiger partial charge in [0.25, 0.3) is 0 Å². The van der Waals surface area contributed by atoms with Gasteiger partial charge in [-0.05, 0) is 114 Å². The Bertz CT molecular complexity index is 1190. The maximum absolute atomic E-state index is 14.3. The zero-order chi connectivity index (χ0) is 29.0. The molecule has 6 heteroatoms. The van der Waals surface area contributed by atoms with Crippen molar-refractivity contribution in [1.29, 1.82) is 0 Å². The number of hydrogen-bond donors (Lipinski definition) is 1. The number of ketones is 1. The van der Waals surface area contributed by atoms with Crippen LogP contribution in [0.15, 0.2) is 18.2 Å². The third kappa shape index (κ3) is 4.32. The highest BCUT2D eigenvalue weighted by Gasteiger charge is 2.67. The van der Waals surface area contributed by atoms with Crippen molar-refractivity contribution in [3.63, 3.8) is 0 Å². The number of Topliss-reactive ketones (excluding diaryl/α,β-unsaturated/α-hetero) is 1. The average molecular weight is 576 g/mol. The molecule has 7 rings (SSSR count). The number of carbonyl (C=O) groups excluding carboxylic acids is 2. The lowest BCUT2D eigenvalue weighted by atomic mass is 9.41. The average Bonchev–Trinajstić information content (AvgIpc) is 3.66. The smallest absolute Gasteiger partial charge is 0.227 e. The number of aryl methyl sites for hydroxylation is 1. The van der Waals surface area contributed by atoms with E-state index in [1.165, 1.54) is 42.6 Å². The van der Waals surface area contributed by atoms with Crippen LogP contribution in [0.5, 0.6) is 0 Å². The summed E-state index contributed by atoms with van der Waals surface area (Å²) in [5.74, 6) is 0.836. The van der Waals surface area contributed by atoms with Crippen molar-refractivity contribution in [2.24, 2.45) is 16.7 Å². The fraction of sp³-hybridized carbons (Fsp3) is 0.778. The number of rotatable bonds is 4. The molecule has 2 saturated carbocycles. The van der Waals surface area contributed by atoms with Crippen molar-refractivity contribution < 1.29 is 14.3 Å². The first-order valence-corrected chi connectivity index (χ1v) is 17.4. The zero-order valence-corrected chi connectivity index (χ0v) is 26.2. The van der Waals surface area contributed by atoms with Crippen LogP contribution in [-0.2, 0) is 19.7 Å². The van der Waals surface area contributed by atoms with Crippen molar-refractivity contribution in [3.05, 3.63) is 29.3 Å². The number of likely N-dealkylation sites (tertiary alicyclic amines) is 1. The van der Waals surface area contributed by atoms with Gasteiger partial charge < -0.3 is 15.0 Å². The third-order valence-corrected chi connectivity index (χ3v) is 13.1. The molecule has 42 heavy (non-hydrogen) atoms. The number of amides is 1. The number of anilines is 1. The number of piperidine rings is 1. The van der Waals surface area contributed by atoms with Crippen LogP contribution in [-0.4, -0.2) is 68.1 Å². The lowest BCUT2D eigenvalue weighted by Gasteiger charge is -2.63. The van der Waals surface area contributed by atoms with Crippen molar-refractivity contribution in [2.75, 3.05) is 44.3 Å². The largest absolute Gasteiger partial charge is 0.380 e. The fourth-order valence-corrected chi connectivity index (χ4v) is 11.1. The van der Waals surface area contributed by atoms with Crippen molar-refractivity contribution in [1.82, 2.24) is 10.2 Å². The van der Waals surface area contributed by atoms with E-state index in [0.29, 0.717) is 37.5 Å². The second kappa shape index (κ2) is 11.2. The second-order valence-corrected chi connectivity index (χ2v) is 14.9. The summed E-state index contributed by atoms with van der Waals surface area (Å²) in [5, 5.41) is 3.33. The molecule has 1 N–H and O–H groups in total. The molecule has 2 aliphatic carbocycles. The standard InChI is InChI=1S/C36H53N3O3/c1-26-23-28(38-21-14-29(24-38)39-20-7-9-27(39)2)12-13-30(26)36(25-42-22-18-35(36)17-8-19-37-33(35)41)31-10-3-5-15-34(31)16-6-4-11-32(34)40/h12-13,23,27,29,31H,3-11,14-22,24-25H2,1-2H3,(H,37,41)/t27-,29+,31?,34?,35?,36?/m1/s1. The lowest BCUT2D eigenvalue weighted by Crippen LogP contribution is -2.68. The number of nitrogens with one attached hydrogen (secondary N) is 1. The van der Waals surface area contributed by atoms with E-state index in [2.05, 4.69) is 47.2 Å². The van der Waals surface area contributed by atoms with E-state index in [0.717, 1.165) is 83.8 Å². The number of carbonyl (C=O) groups is 2. The van der Waals surface area contributed by atoms with E-state index < -0.39 is 10.8 Å². The van der Waals surface area contributed by atoms with Gasteiger partial charge in [-0.25, -0.2) is 0 Å². The summed E-state index contributed by atoms with van der Waals surface area (Å²) in [4.78, 5) is 33.7. The zero-order valence-electron chi connectivity index (χ0n) is 26.2. The topological polar surface area (TPSA) is 61.9 Å². The van der Waals surface area contributed by atoms with E-state index in [1.807, 2.05) is 0 Å². The summed E-state index contributed by atoms with van der Waals surface area (Å²) in [6, 6.07) is 8.49. The van der Waals surface area contributed by atoms with E-state index in [9.17, 15) is 9.59 Å². The highest BCUT2D eigenvalue weighted by Crippen LogP contribution is 2.65. The molecule has 2 spiro atoms. The summed E-state index contributed by atoms with van der Waals surface area (Å²) >= 11 is 0. The van der Waals surface area contributed by atoms with Gasteiger partial charge in [0, 0.05) is 61.3 Å². The summed E-state index contributed by atoms with van der Waals surface area (Å²) in [5.41, 5.74) is 2.56. The molecule has 6 atom stereocenters. The normalized spacial score (nSPS) is 39.8. The van der Waals surface area contributed by atoms with Gasteiger partial charge in [0.1, 0.15) is 5.78 Å². The Hall–Kier alpha value is -1.92. The van der Waals surface area contributed by atoms with Crippen LogP contribution in [0.3, 0.4) is 0 Å². The van der Waals surface area contributed by atoms with Gasteiger partial charge in [0.05, 0.1) is 12.0 Å². The Morgan fingerprint density at radius 2 is 1.79 bits per heavy atom. The van der Waals surface area contributed by atoms with Crippen LogP contribution in [0.2, 0.25) is 0 Å². The van der Waals surface area contributed by atoms with Crippen LogP contribution < -0.4 is 10.2 Å². The quantitative estimate of drug-likeness (QED) is 0.482. The van der Waals surface area contributed by atoms with Crippen molar-refractivity contribution in [3.8, 4) is 0 Å². The molecule has 4 unspecified atom stereocenters. The maximum atomic E-state index is 14.3. The molecule has 1 aromatic carbocycles. The maximum Gasteiger partial charge on any atom is 0.227 e. The second-order valence-electron chi connectivity index (χ2n) is 14.9. The SMILES string of the molecule is Cc1cc(N2CC[C@H](N3CCC[C@H]3C)C2)ccc1C1(C2CCCCC23CCCCC3=O)COCCC12CCCNC2=O. The molecule has 4 aliphatic heterocycles. The van der Waals surface area contributed by atoms with Crippen LogP contribution in [0.4, 0.5) is 5.69 Å². The Labute approximate surface area is 253 Å². The van der Waals surface area contributed by atoms with Gasteiger partial charge in [-0.3, -0.25) is 14.5 Å². The lowest BCUT2D eigenvalue weighted by molar-refractivity contribution is -0.176. The summed E-state index contributed by atoms with van der Waals surface area (Å²) in [6.07, 6.45) is 14.6. The first-order valence-electron chi connectivity index (χ1n) is 17.4. The Morgan fingerprint density at radius 1 is 0.929 bits per heavy atom. The molecule has 1 aromatic rings. The first kappa shape index (κ1) is 28.8. The van der Waals surface area contributed by atoms with E-state index in [-0.39, 0.29) is 17.2 Å². The molecule has 6 fully saturated rings. The monoisotopic (exact) mass is 575 g/mol. The molecule has 230 valence electrons. The van der Waals surface area contributed by atoms with Crippen molar-refractivity contribution in [2.45, 2.75) is 121 Å². The molecule has 6 nitrogen and oxygen atoms in total. The van der Waals surface area contributed by atoms with Gasteiger partial charge in [0.15, 0.2) is 0 Å². The van der Waals surface area contributed by atoms with Crippen molar-refractivity contribution >= 4 is 17.4 Å². The predicted molar refractivity (Wildman–Crippen MR) is 167 cm³/mol. The minimum atomic E-state index is -0.521. The summed E-state index contributed by atoms with van der Waals surface area (Å²) in [6.45, 7) is 10.1. The van der Waals surface area contributed by atoms with Crippen LogP contribution in [0.25, 0.3) is 0 Å². The van der Waals surface area contributed by atoms with Gasteiger partial charge in [0.2, 0.25) is 5.91 Å². The fourth-order valence-electron chi connectivity index (χ4n) is 11.1. The third-order valence-electron chi connectivity index (χ3n) is 13.1. The molecule has 4 heterocycles. The number of ether oxygens (including phenoxy) is 1. The molecule has 6 aliphatic rings. The summed E-state index contributed by atoms with van der Waals surface area (Å²) < 4.78 is 6.50. The number of benzene rings is 1. The van der Waals surface area contributed by atoms with Crippen LogP contribution in [0.1, 0.15) is 108 Å².